The molecule has 1 atom stereocenters. The van der Waals surface area contributed by atoms with Crippen molar-refractivity contribution in [1.82, 2.24) is 25.5 Å². The minimum absolute atomic E-state index is 0.00849. The Morgan fingerprint density at radius 3 is 2.84 bits per heavy atom. The average Bonchev–Trinajstić information content (AvgIpc) is 3.34. The van der Waals surface area contributed by atoms with Crippen LogP contribution in [0.5, 0.6) is 5.75 Å². The first-order chi connectivity index (χ1) is 12.2. The maximum atomic E-state index is 10.3. The Kier molecular flexibility index (Phi) is 4.02. The maximum Gasteiger partial charge on any atom is 0.227 e. The van der Waals surface area contributed by atoms with Crippen LogP contribution in [0.15, 0.2) is 41.3 Å². The van der Waals surface area contributed by atoms with E-state index in [4.69, 9.17) is 4.42 Å². The van der Waals surface area contributed by atoms with Crippen molar-refractivity contribution < 1.29 is 9.52 Å². The summed E-state index contributed by atoms with van der Waals surface area (Å²) in [5.74, 6) is 1.25. The van der Waals surface area contributed by atoms with Gasteiger partial charge in [0.1, 0.15) is 23.4 Å². The molecule has 2 N–H and O–H groups in total. The normalized spacial score (nSPS) is 17.2. The van der Waals surface area contributed by atoms with Gasteiger partial charge in [0, 0.05) is 25.3 Å². The van der Waals surface area contributed by atoms with Crippen molar-refractivity contribution in [3.05, 3.63) is 36.9 Å². The molecule has 0 spiro atoms. The molecule has 0 bridgehead atoms. The summed E-state index contributed by atoms with van der Waals surface area (Å²) in [5, 5.41) is 22.1. The molecule has 8 nitrogen and oxygen atoms in total. The third-order valence-corrected chi connectivity index (χ3v) is 4.36. The van der Waals surface area contributed by atoms with Gasteiger partial charge >= 0.3 is 0 Å². The molecule has 1 saturated heterocycles. The van der Waals surface area contributed by atoms with Crippen molar-refractivity contribution in [2.24, 2.45) is 0 Å². The molecule has 3 aromatic heterocycles. The molecule has 1 aliphatic heterocycles. The van der Waals surface area contributed by atoms with Crippen LogP contribution in [0.4, 0.5) is 5.82 Å². The van der Waals surface area contributed by atoms with Crippen LogP contribution < -0.4 is 10.2 Å². The monoisotopic (exact) mass is 338 g/mol. The van der Waals surface area contributed by atoms with Crippen LogP contribution in [0, 0.1) is 0 Å². The van der Waals surface area contributed by atoms with E-state index in [2.05, 4.69) is 30.4 Å². The highest BCUT2D eigenvalue weighted by atomic mass is 16.3. The molecule has 1 aliphatic rings. The zero-order chi connectivity index (χ0) is 17.2. The summed E-state index contributed by atoms with van der Waals surface area (Å²) in [6.45, 7) is 1.87. The van der Waals surface area contributed by atoms with Gasteiger partial charge in [0.05, 0.1) is 11.8 Å². The van der Waals surface area contributed by atoms with E-state index in [9.17, 15) is 5.11 Å². The Labute approximate surface area is 144 Å². The number of rotatable bonds is 4. The summed E-state index contributed by atoms with van der Waals surface area (Å²) in [6.07, 6.45) is 5.70. The van der Waals surface area contributed by atoms with Crippen LogP contribution in [-0.2, 0) is 0 Å². The third kappa shape index (κ3) is 3.03. The second kappa shape index (κ2) is 6.48. The van der Waals surface area contributed by atoms with Crippen LogP contribution in [0.2, 0.25) is 0 Å². The molecule has 128 valence electrons. The van der Waals surface area contributed by atoms with Gasteiger partial charge in [-0.1, -0.05) is 0 Å². The summed E-state index contributed by atoms with van der Waals surface area (Å²) in [7, 11) is 1.97. The lowest BCUT2D eigenvalue weighted by Crippen LogP contribution is -2.29. The first-order valence-electron chi connectivity index (χ1n) is 8.10. The second-order valence-corrected chi connectivity index (χ2v) is 5.93. The number of hydrogen-bond acceptors (Lipinski definition) is 8. The first-order valence-corrected chi connectivity index (χ1v) is 8.10. The fourth-order valence-corrected chi connectivity index (χ4v) is 2.96. The molecule has 0 aromatic carbocycles. The molecule has 1 fully saturated rings. The molecule has 0 radical (unpaired) electrons. The van der Waals surface area contributed by atoms with Crippen LogP contribution in [0.25, 0.3) is 22.8 Å². The standard InChI is InChI=1S/C17H18N6O2/c1-18-12-4-6-23(10-12)15-3-2-13(21-22-15)16-14(24)8-11(9-20-16)17-19-5-7-25-17/h2-3,5,7-9,12,18,24H,4,6,10H2,1H3/t12-/m1/s1. The Balaban J connectivity index is 1.56. The average molecular weight is 338 g/mol. The number of likely N-dealkylation sites (N-methyl/N-ethyl adjacent to an activating group) is 1. The predicted molar refractivity (Wildman–Crippen MR) is 92.1 cm³/mol. The maximum absolute atomic E-state index is 10.3. The fraction of sp³-hybridized carbons (Fsp3) is 0.294. The summed E-state index contributed by atoms with van der Waals surface area (Å²) in [6, 6.07) is 5.77. The van der Waals surface area contributed by atoms with Crippen molar-refractivity contribution in [2.45, 2.75) is 12.5 Å². The van der Waals surface area contributed by atoms with E-state index in [1.807, 2.05) is 19.2 Å². The Hall–Kier alpha value is -3.00. The van der Waals surface area contributed by atoms with E-state index in [1.165, 1.54) is 6.26 Å². The summed E-state index contributed by atoms with van der Waals surface area (Å²) in [4.78, 5) is 10.5. The predicted octanol–water partition coefficient (Wildman–Crippen LogP) is 1.70. The second-order valence-electron chi connectivity index (χ2n) is 5.93. The Bertz CT molecular complexity index is 850. The van der Waals surface area contributed by atoms with Gasteiger partial charge in [0.25, 0.3) is 0 Å². The lowest BCUT2D eigenvalue weighted by atomic mass is 10.2. The number of nitrogens with zero attached hydrogens (tertiary/aromatic N) is 5. The van der Waals surface area contributed by atoms with Crippen molar-refractivity contribution in [3.63, 3.8) is 0 Å². The van der Waals surface area contributed by atoms with Crippen molar-refractivity contribution in [3.8, 4) is 28.6 Å². The molecule has 4 heterocycles. The highest BCUT2D eigenvalue weighted by Crippen LogP contribution is 2.30. The number of aromatic hydroxyl groups is 1. The topological polar surface area (TPSA) is 100 Å². The number of pyridine rings is 1. The molecule has 3 aromatic rings. The molecular formula is C17H18N6O2. The molecule has 0 aliphatic carbocycles. The quantitative estimate of drug-likeness (QED) is 0.741. The van der Waals surface area contributed by atoms with Gasteiger partial charge in [0.15, 0.2) is 5.82 Å². The SMILES string of the molecule is CN[C@@H]1CCN(c2ccc(-c3ncc(-c4ncco4)cc3O)nn2)C1. The summed E-state index contributed by atoms with van der Waals surface area (Å²) in [5.41, 5.74) is 1.50. The third-order valence-electron chi connectivity index (χ3n) is 4.36. The van der Waals surface area contributed by atoms with Gasteiger partial charge in [-0.25, -0.2) is 9.97 Å². The summed E-state index contributed by atoms with van der Waals surface area (Å²) >= 11 is 0. The highest BCUT2D eigenvalue weighted by Gasteiger charge is 2.22. The van der Waals surface area contributed by atoms with E-state index in [1.54, 1.807) is 18.5 Å². The van der Waals surface area contributed by atoms with E-state index < -0.39 is 0 Å². The minimum Gasteiger partial charge on any atom is -0.506 e. The molecule has 25 heavy (non-hydrogen) atoms. The molecular weight excluding hydrogens is 320 g/mol. The number of aromatic nitrogens is 4. The van der Waals surface area contributed by atoms with Gasteiger partial charge in [-0.2, -0.15) is 0 Å². The van der Waals surface area contributed by atoms with E-state index in [0.717, 1.165) is 25.3 Å². The van der Waals surface area contributed by atoms with Gasteiger partial charge < -0.3 is 19.7 Å². The molecule has 4 rings (SSSR count). The number of nitrogens with one attached hydrogen (secondary N) is 1. The van der Waals surface area contributed by atoms with Gasteiger partial charge in [-0.3, -0.25) is 0 Å². The van der Waals surface area contributed by atoms with Crippen LogP contribution in [0.3, 0.4) is 0 Å². The lowest BCUT2D eigenvalue weighted by Gasteiger charge is -2.16. The lowest BCUT2D eigenvalue weighted by molar-refractivity contribution is 0.474. The highest BCUT2D eigenvalue weighted by molar-refractivity contribution is 5.67. The van der Waals surface area contributed by atoms with E-state index >= 15 is 0 Å². The van der Waals surface area contributed by atoms with Gasteiger partial charge in [0.2, 0.25) is 5.89 Å². The smallest absolute Gasteiger partial charge is 0.227 e. The summed E-state index contributed by atoms with van der Waals surface area (Å²) < 4.78 is 5.21. The molecule has 0 amide bonds. The van der Waals surface area contributed by atoms with Crippen LogP contribution >= 0.6 is 0 Å². The Morgan fingerprint density at radius 1 is 1.28 bits per heavy atom. The first kappa shape index (κ1) is 15.5. The zero-order valence-corrected chi connectivity index (χ0v) is 13.8. The van der Waals surface area contributed by atoms with Crippen molar-refractivity contribution in [1.29, 1.82) is 0 Å². The number of oxazole rings is 1. The van der Waals surface area contributed by atoms with Crippen LogP contribution in [0.1, 0.15) is 6.42 Å². The van der Waals surface area contributed by atoms with E-state index in [-0.39, 0.29) is 5.75 Å². The number of hydrogen-bond donors (Lipinski definition) is 2. The van der Waals surface area contributed by atoms with Crippen LogP contribution in [-0.4, -0.2) is 51.5 Å². The largest absolute Gasteiger partial charge is 0.506 e. The molecule has 8 heteroatoms. The number of anilines is 1. The fourth-order valence-electron chi connectivity index (χ4n) is 2.96. The molecule has 0 saturated carbocycles. The zero-order valence-electron chi connectivity index (χ0n) is 13.8. The van der Waals surface area contributed by atoms with E-state index in [0.29, 0.717) is 28.9 Å². The molecule has 0 unspecified atom stereocenters. The van der Waals surface area contributed by atoms with Crippen molar-refractivity contribution >= 4 is 5.82 Å². The van der Waals surface area contributed by atoms with Gasteiger partial charge in [-0.05, 0) is 31.7 Å². The van der Waals surface area contributed by atoms with Gasteiger partial charge in [-0.15, -0.1) is 10.2 Å². The Morgan fingerprint density at radius 2 is 2.20 bits per heavy atom. The minimum atomic E-state index is 0.00849. The van der Waals surface area contributed by atoms with Crippen molar-refractivity contribution in [2.75, 3.05) is 25.0 Å².